The number of nitrogens with zero attached hydrogens (tertiary/aromatic N) is 1. The second-order valence-electron chi connectivity index (χ2n) is 4.55. The third kappa shape index (κ3) is 3.06. The van der Waals surface area contributed by atoms with Gasteiger partial charge in [-0.1, -0.05) is 0 Å². The highest BCUT2D eigenvalue weighted by Crippen LogP contribution is 2.23. The van der Waals surface area contributed by atoms with Crippen LogP contribution in [0.1, 0.15) is 5.56 Å². The van der Waals surface area contributed by atoms with Gasteiger partial charge in [0.15, 0.2) is 0 Å². The Morgan fingerprint density at radius 1 is 1.36 bits per heavy atom. The molecule has 6 nitrogen and oxygen atoms in total. The summed E-state index contributed by atoms with van der Waals surface area (Å²) in [6.07, 6.45) is 3.59. The quantitative estimate of drug-likeness (QED) is 0.659. The number of hydrogen-bond acceptors (Lipinski definition) is 4. The minimum absolute atomic E-state index is 0.0397. The van der Waals surface area contributed by atoms with E-state index in [1.54, 1.807) is 24.3 Å². The lowest BCUT2D eigenvalue weighted by molar-refractivity contribution is -0.116. The minimum Gasteiger partial charge on any atom is -0.497 e. The molecule has 114 valence electrons. The third-order valence-corrected chi connectivity index (χ3v) is 3.27. The number of rotatable bonds is 5. The van der Waals surface area contributed by atoms with Crippen LogP contribution < -0.4 is 15.6 Å². The molecule has 0 saturated heterocycles. The summed E-state index contributed by atoms with van der Waals surface area (Å²) < 4.78 is 6.53. The Morgan fingerprint density at radius 3 is 2.77 bits per heavy atom. The van der Waals surface area contributed by atoms with Gasteiger partial charge in [-0.3, -0.25) is 9.59 Å². The summed E-state index contributed by atoms with van der Waals surface area (Å²) in [5.41, 5.74) is 0.869. The molecule has 0 aliphatic carbocycles. The molecule has 2 rings (SSSR count). The largest absolute Gasteiger partial charge is 0.497 e. The van der Waals surface area contributed by atoms with E-state index < -0.39 is 0 Å². The minimum atomic E-state index is -0.315. The van der Waals surface area contributed by atoms with Crippen LogP contribution in [0.15, 0.2) is 35.1 Å². The Balaban J connectivity index is 2.71. The molecular formula is C16H16N2O4. The number of carbonyl (C=O) groups is 2. The number of nitrogens with one attached hydrogen (secondary N) is 1. The number of methoxy groups -OCH3 is 1. The van der Waals surface area contributed by atoms with Gasteiger partial charge in [-0.2, -0.15) is 0 Å². The molecular weight excluding hydrogens is 284 g/mol. The number of aromatic nitrogens is 1. The number of aldehydes is 1. The highest BCUT2D eigenvalue weighted by molar-refractivity contribution is 5.96. The fourth-order valence-corrected chi connectivity index (χ4v) is 2.16. The van der Waals surface area contributed by atoms with Crippen LogP contribution in [-0.4, -0.2) is 30.9 Å². The van der Waals surface area contributed by atoms with Gasteiger partial charge in [0.25, 0.3) is 5.56 Å². The van der Waals surface area contributed by atoms with Crippen molar-refractivity contribution < 1.29 is 14.3 Å². The molecule has 2 aromatic rings. The Hall–Kier alpha value is -2.89. The first-order valence-corrected chi connectivity index (χ1v) is 6.65. The lowest BCUT2D eigenvalue weighted by atomic mass is 10.1. The molecule has 22 heavy (non-hydrogen) atoms. The standard InChI is InChI=1S/C16H16N2O4/c1-17-15(20)6-3-11-9-16(21)18(7-8-19)14-10-12(22-2)4-5-13(11)14/h3-6,8-10H,7H2,1-2H3,(H,17,20)/b6-3+. The van der Waals surface area contributed by atoms with Crippen molar-refractivity contribution in [2.75, 3.05) is 14.2 Å². The van der Waals surface area contributed by atoms with Crippen molar-refractivity contribution in [1.82, 2.24) is 9.88 Å². The van der Waals surface area contributed by atoms with Gasteiger partial charge in [0.05, 0.1) is 19.2 Å². The van der Waals surface area contributed by atoms with Crippen molar-refractivity contribution in [1.29, 1.82) is 0 Å². The van der Waals surface area contributed by atoms with E-state index in [2.05, 4.69) is 5.32 Å². The molecule has 0 unspecified atom stereocenters. The predicted octanol–water partition coefficient (Wildman–Crippen LogP) is 0.968. The smallest absolute Gasteiger partial charge is 0.252 e. The summed E-state index contributed by atoms with van der Waals surface area (Å²) in [5.74, 6) is 0.317. The fraction of sp³-hybridized carbons (Fsp3) is 0.188. The van der Waals surface area contributed by atoms with Crippen molar-refractivity contribution in [3.63, 3.8) is 0 Å². The van der Waals surface area contributed by atoms with Crippen LogP contribution >= 0.6 is 0 Å². The van der Waals surface area contributed by atoms with Crippen LogP contribution in [0.2, 0.25) is 0 Å². The second kappa shape index (κ2) is 6.71. The zero-order chi connectivity index (χ0) is 16.1. The summed E-state index contributed by atoms with van der Waals surface area (Å²) in [5, 5.41) is 3.22. The van der Waals surface area contributed by atoms with Crippen molar-refractivity contribution >= 4 is 29.2 Å². The lowest BCUT2D eigenvalue weighted by Crippen LogP contribution is -2.21. The van der Waals surface area contributed by atoms with E-state index in [1.165, 1.54) is 30.9 Å². The molecule has 0 atom stereocenters. The Kier molecular flexibility index (Phi) is 4.73. The SMILES string of the molecule is CNC(=O)/C=C/c1cc(=O)n(CC=O)c2cc(OC)ccc12. The van der Waals surface area contributed by atoms with Crippen molar-refractivity contribution in [2.45, 2.75) is 6.54 Å². The molecule has 0 fully saturated rings. The molecule has 0 aliphatic rings. The maximum atomic E-state index is 12.2. The summed E-state index contributed by atoms with van der Waals surface area (Å²) in [6, 6.07) is 6.64. The molecule has 1 heterocycles. The Labute approximate surface area is 127 Å². The van der Waals surface area contributed by atoms with Gasteiger partial charge in [0, 0.05) is 30.6 Å². The van der Waals surface area contributed by atoms with E-state index in [0.717, 1.165) is 5.39 Å². The first kappa shape index (κ1) is 15.5. The predicted molar refractivity (Wildman–Crippen MR) is 83.9 cm³/mol. The molecule has 1 amide bonds. The number of amides is 1. The molecule has 1 N–H and O–H groups in total. The topological polar surface area (TPSA) is 77.4 Å². The maximum Gasteiger partial charge on any atom is 0.252 e. The molecule has 6 heteroatoms. The first-order chi connectivity index (χ1) is 10.6. The zero-order valence-corrected chi connectivity index (χ0v) is 12.3. The van der Waals surface area contributed by atoms with E-state index in [-0.39, 0.29) is 18.0 Å². The molecule has 0 bridgehead atoms. The number of pyridine rings is 1. The highest BCUT2D eigenvalue weighted by atomic mass is 16.5. The van der Waals surface area contributed by atoms with E-state index >= 15 is 0 Å². The fourth-order valence-electron chi connectivity index (χ4n) is 2.16. The number of benzene rings is 1. The highest BCUT2D eigenvalue weighted by Gasteiger charge is 2.08. The van der Waals surface area contributed by atoms with Gasteiger partial charge in [-0.05, 0) is 23.8 Å². The van der Waals surface area contributed by atoms with Crippen LogP contribution in [0.3, 0.4) is 0 Å². The molecule has 0 radical (unpaired) electrons. The van der Waals surface area contributed by atoms with Gasteiger partial charge in [0.2, 0.25) is 5.91 Å². The summed E-state index contributed by atoms with van der Waals surface area (Å²) in [4.78, 5) is 34.3. The van der Waals surface area contributed by atoms with E-state index in [0.29, 0.717) is 23.1 Å². The van der Waals surface area contributed by atoms with Crippen LogP contribution in [0, 0.1) is 0 Å². The first-order valence-electron chi connectivity index (χ1n) is 6.65. The average molecular weight is 300 g/mol. The Morgan fingerprint density at radius 2 is 2.14 bits per heavy atom. The number of carbonyl (C=O) groups excluding carboxylic acids is 2. The molecule has 0 spiro atoms. The number of fused-ring (bicyclic) bond motifs is 1. The lowest BCUT2D eigenvalue weighted by Gasteiger charge is -2.11. The molecule has 1 aromatic carbocycles. The molecule has 0 aliphatic heterocycles. The average Bonchev–Trinajstić information content (AvgIpc) is 2.54. The third-order valence-electron chi connectivity index (χ3n) is 3.27. The number of ether oxygens (including phenoxy) is 1. The van der Waals surface area contributed by atoms with Gasteiger partial charge >= 0.3 is 0 Å². The van der Waals surface area contributed by atoms with Crippen LogP contribution in [0.4, 0.5) is 0 Å². The summed E-state index contributed by atoms with van der Waals surface area (Å²) >= 11 is 0. The van der Waals surface area contributed by atoms with Crippen LogP contribution in [0.5, 0.6) is 5.75 Å². The van der Waals surface area contributed by atoms with Gasteiger partial charge in [0.1, 0.15) is 12.0 Å². The van der Waals surface area contributed by atoms with Gasteiger partial charge in [-0.15, -0.1) is 0 Å². The van der Waals surface area contributed by atoms with Crippen LogP contribution in [-0.2, 0) is 16.1 Å². The van der Waals surface area contributed by atoms with Crippen molar-refractivity contribution in [3.8, 4) is 5.75 Å². The normalized spacial score (nSPS) is 10.8. The second-order valence-corrected chi connectivity index (χ2v) is 4.55. The number of likely N-dealkylation sites (N-methyl/N-ethyl adjacent to an activating group) is 1. The monoisotopic (exact) mass is 300 g/mol. The summed E-state index contributed by atoms with van der Waals surface area (Å²) in [6.45, 7) is -0.0397. The van der Waals surface area contributed by atoms with E-state index in [9.17, 15) is 14.4 Å². The van der Waals surface area contributed by atoms with Crippen LogP contribution in [0.25, 0.3) is 17.0 Å². The molecule has 1 aromatic heterocycles. The Bertz CT molecular complexity index is 806. The van der Waals surface area contributed by atoms with Crippen molar-refractivity contribution in [3.05, 3.63) is 46.3 Å². The van der Waals surface area contributed by atoms with E-state index in [4.69, 9.17) is 4.74 Å². The zero-order valence-electron chi connectivity index (χ0n) is 12.3. The molecule has 0 saturated carbocycles. The van der Waals surface area contributed by atoms with E-state index in [1.807, 2.05) is 0 Å². The van der Waals surface area contributed by atoms with Gasteiger partial charge < -0.3 is 19.4 Å². The van der Waals surface area contributed by atoms with Gasteiger partial charge in [-0.25, -0.2) is 0 Å². The maximum absolute atomic E-state index is 12.2. The van der Waals surface area contributed by atoms with Crippen molar-refractivity contribution in [2.24, 2.45) is 0 Å². The number of hydrogen-bond donors (Lipinski definition) is 1. The summed E-state index contributed by atoms with van der Waals surface area (Å²) in [7, 11) is 3.05.